The first-order valence-corrected chi connectivity index (χ1v) is 16.8. The van der Waals surface area contributed by atoms with Crippen LogP contribution in [-0.2, 0) is 32.6 Å². The molecule has 4 aromatic rings. The molecule has 4 rings (SSSR count). The van der Waals surface area contributed by atoms with Crippen LogP contribution in [0.15, 0.2) is 108 Å². The molecule has 0 aliphatic carbocycles. The number of hydrogen-bond acceptors (Lipinski definition) is 6. The van der Waals surface area contributed by atoms with E-state index in [2.05, 4.69) is 5.32 Å². The third kappa shape index (κ3) is 9.31. The summed E-state index contributed by atoms with van der Waals surface area (Å²) in [6.45, 7) is 4.48. The maximum atomic E-state index is 14.5. The van der Waals surface area contributed by atoms with Crippen molar-refractivity contribution in [3.8, 4) is 0 Å². The van der Waals surface area contributed by atoms with Crippen molar-refractivity contribution in [1.82, 2.24) is 10.2 Å². The normalized spacial score (nSPS) is 12.2. The average Bonchev–Trinajstić information content (AvgIpc) is 3.02. The minimum absolute atomic E-state index is 0.0976. The second-order valence-electron chi connectivity index (χ2n) is 11.8. The number of nitro benzene ring substituents is 1. The van der Waals surface area contributed by atoms with Crippen molar-refractivity contribution < 1.29 is 22.9 Å². The molecule has 246 valence electrons. The highest BCUT2D eigenvalue weighted by atomic mass is 35.5. The van der Waals surface area contributed by atoms with Crippen molar-refractivity contribution in [2.75, 3.05) is 10.8 Å². The van der Waals surface area contributed by atoms with E-state index >= 15 is 0 Å². The summed E-state index contributed by atoms with van der Waals surface area (Å²) < 4.78 is 29.0. The van der Waals surface area contributed by atoms with Crippen LogP contribution in [-0.4, -0.2) is 48.2 Å². The molecular formula is C34H34Cl2N4O6S. The Morgan fingerprint density at radius 2 is 1.53 bits per heavy atom. The van der Waals surface area contributed by atoms with Crippen LogP contribution < -0.4 is 9.62 Å². The Labute approximate surface area is 284 Å². The second-order valence-corrected chi connectivity index (χ2v) is 14.5. The van der Waals surface area contributed by atoms with Crippen LogP contribution in [0.1, 0.15) is 31.9 Å². The number of rotatable bonds is 12. The number of carbonyl (C=O) groups is 2. The number of non-ortho nitro benzene ring substituents is 1. The fraction of sp³-hybridized carbons (Fsp3) is 0.235. The minimum Gasteiger partial charge on any atom is -0.350 e. The van der Waals surface area contributed by atoms with Crippen molar-refractivity contribution in [3.05, 3.63) is 134 Å². The van der Waals surface area contributed by atoms with Crippen LogP contribution in [0.3, 0.4) is 0 Å². The van der Waals surface area contributed by atoms with Gasteiger partial charge in [-0.3, -0.25) is 24.0 Å². The molecular weight excluding hydrogens is 663 g/mol. The van der Waals surface area contributed by atoms with Crippen molar-refractivity contribution >= 4 is 56.4 Å². The Bertz CT molecular complexity index is 1850. The third-order valence-corrected chi connectivity index (χ3v) is 9.44. The smallest absolute Gasteiger partial charge is 0.271 e. The molecule has 0 saturated carbocycles. The van der Waals surface area contributed by atoms with E-state index in [1.807, 2.05) is 51.1 Å². The van der Waals surface area contributed by atoms with E-state index in [0.717, 1.165) is 15.9 Å². The largest absolute Gasteiger partial charge is 0.350 e. The highest BCUT2D eigenvalue weighted by Gasteiger charge is 2.36. The molecule has 0 aromatic heterocycles. The summed E-state index contributed by atoms with van der Waals surface area (Å²) in [4.78, 5) is 40.7. The van der Waals surface area contributed by atoms with Crippen molar-refractivity contribution in [2.45, 2.75) is 50.2 Å². The van der Waals surface area contributed by atoms with Gasteiger partial charge in [-0.25, -0.2) is 8.42 Å². The number of anilines is 1. The lowest BCUT2D eigenvalue weighted by Crippen LogP contribution is -2.56. The molecule has 0 unspecified atom stereocenters. The molecule has 10 nitrogen and oxygen atoms in total. The SMILES string of the molecule is CC(C)(C)NC(=O)[C@H](Cc1ccccc1)N(Cc1ccc(Cl)cc1Cl)C(=O)CN(c1cccc([N+](=O)[O-])c1)S(=O)(=O)c1ccccc1. The maximum Gasteiger partial charge on any atom is 0.271 e. The van der Waals surface area contributed by atoms with Gasteiger partial charge in [0, 0.05) is 40.7 Å². The number of nitrogens with one attached hydrogen (secondary N) is 1. The first-order chi connectivity index (χ1) is 22.2. The number of nitrogens with zero attached hydrogens (tertiary/aromatic N) is 3. The van der Waals surface area contributed by atoms with Gasteiger partial charge < -0.3 is 10.2 Å². The van der Waals surface area contributed by atoms with E-state index in [9.17, 15) is 28.1 Å². The Hall–Kier alpha value is -4.45. The summed E-state index contributed by atoms with van der Waals surface area (Å²) in [6.07, 6.45) is 0.0992. The maximum absolute atomic E-state index is 14.5. The Kier molecular flexibility index (Phi) is 11.3. The van der Waals surface area contributed by atoms with Crippen LogP contribution in [0.2, 0.25) is 10.0 Å². The Morgan fingerprint density at radius 3 is 2.13 bits per heavy atom. The minimum atomic E-state index is -4.43. The molecule has 13 heteroatoms. The van der Waals surface area contributed by atoms with E-state index in [4.69, 9.17) is 23.2 Å². The van der Waals surface area contributed by atoms with Gasteiger partial charge in [0.25, 0.3) is 15.7 Å². The van der Waals surface area contributed by atoms with Gasteiger partial charge in [-0.15, -0.1) is 0 Å². The van der Waals surface area contributed by atoms with E-state index < -0.39 is 44.9 Å². The molecule has 4 aromatic carbocycles. The highest BCUT2D eigenvalue weighted by molar-refractivity contribution is 7.92. The predicted octanol–water partition coefficient (Wildman–Crippen LogP) is 6.65. The summed E-state index contributed by atoms with van der Waals surface area (Å²) in [6, 6.07) is 25.2. The molecule has 47 heavy (non-hydrogen) atoms. The lowest BCUT2D eigenvalue weighted by molar-refractivity contribution is -0.384. The van der Waals surface area contributed by atoms with Crippen molar-refractivity contribution in [1.29, 1.82) is 0 Å². The zero-order valence-electron chi connectivity index (χ0n) is 26.0. The lowest BCUT2D eigenvalue weighted by atomic mass is 10.0. The molecule has 1 atom stereocenters. The molecule has 0 aliphatic rings. The first-order valence-electron chi connectivity index (χ1n) is 14.6. The Balaban J connectivity index is 1.86. The zero-order valence-corrected chi connectivity index (χ0v) is 28.3. The topological polar surface area (TPSA) is 130 Å². The molecule has 1 N–H and O–H groups in total. The summed E-state index contributed by atoms with van der Waals surface area (Å²) >= 11 is 12.7. The number of benzene rings is 4. The fourth-order valence-corrected chi connectivity index (χ4v) is 6.75. The van der Waals surface area contributed by atoms with Gasteiger partial charge in [0.15, 0.2) is 0 Å². The Morgan fingerprint density at radius 1 is 0.894 bits per heavy atom. The van der Waals surface area contributed by atoms with Gasteiger partial charge in [0.05, 0.1) is 15.5 Å². The third-order valence-electron chi connectivity index (χ3n) is 7.06. The molecule has 0 saturated heterocycles. The van der Waals surface area contributed by atoms with E-state index in [1.165, 1.54) is 53.4 Å². The lowest BCUT2D eigenvalue weighted by Gasteiger charge is -2.35. The van der Waals surface area contributed by atoms with E-state index in [-0.39, 0.29) is 34.3 Å². The fourth-order valence-electron chi connectivity index (χ4n) is 4.85. The monoisotopic (exact) mass is 696 g/mol. The second kappa shape index (κ2) is 15.0. The van der Waals surface area contributed by atoms with Crippen molar-refractivity contribution in [2.24, 2.45) is 0 Å². The molecule has 0 heterocycles. The van der Waals surface area contributed by atoms with E-state index in [0.29, 0.717) is 10.6 Å². The van der Waals surface area contributed by atoms with Crippen LogP contribution in [0, 0.1) is 10.1 Å². The van der Waals surface area contributed by atoms with Gasteiger partial charge in [-0.2, -0.15) is 0 Å². The predicted molar refractivity (Wildman–Crippen MR) is 183 cm³/mol. The van der Waals surface area contributed by atoms with Gasteiger partial charge in [0.2, 0.25) is 11.8 Å². The molecule has 0 radical (unpaired) electrons. The van der Waals surface area contributed by atoms with Crippen LogP contribution in [0.25, 0.3) is 0 Å². The molecule has 0 aliphatic heterocycles. The first kappa shape index (κ1) is 35.4. The molecule has 0 fully saturated rings. The standard InChI is InChI=1S/C34H34Cl2N4O6S/c1-34(2,3)37-33(42)31(19-24-11-6-4-7-12-24)38(22-25-17-18-26(35)20-30(25)36)32(41)23-39(27-13-10-14-28(21-27)40(43)44)47(45,46)29-15-8-5-9-16-29/h4-18,20-21,31H,19,22-23H2,1-3H3,(H,37,42)/t31-/m0/s1. The molecule has 0 bridgehead atoms. The number of hydrogen-bond donors (Lipinski definition) is 1. The number of amides is 2. The molecule has 0 spiro atoms. The molecule has 2 amide bonds. The van der Waals surface area contributed by atoms with Gasteiger partial charge in [-0.05, 0) is 62.2 Å². The van der Waals surface area contributed by atoms with E-state index in [1.54, 1.807) is 18.2 Å². The summed E-state index contributed by atoms with van der Waals surface area (Å²) in [5.74, 6) is -1.21. The number of carbonyl (C=O) groups excluding carboxylic acids is 2. The average molecular weight is 698 g/mol. The zero-order chi connectivity index (χ0) is 34.4. The van der Waals surface area contributed by atoms with Gasteiger partial charge >= 0.3 is 0 Å². The van der Waals surface area contributed by atoms with Gasteiger partial charge in [-0.1, -0.05) is 83.9 Å². The highest BCUT2D eigenvalue weighted by Crippen LogP contribution is 2.29. The number of sulfonamides is 1. The van der Waals surface area contributed by atoms with Crippen LogP contribution >= 0.6 is 23.2 Å². The summed E-state index contributed by atoms with van der Waals surface area (Å²) in [5, 5.41) is 15.2. The number of halogens is 2. The quantitative estimate of drug-likeness (QED) is 0.130. The van der Waals surface area contributed by atoms with Crippen molar-refractivity contribution in [3.63, 3.8) is 0 Å². The van der Waals surface area contributed by atoms with Crippen LogP contribution in [0.5, 0.6) is 0 Å². The summed E-state index contributed by atoms with van der Waals surface area (Å²) in [7, 11) is -4.43. The summed E-state index contributed by atoms with van der Waals surface area (Å²) in [5.41, 5.74) is 0.108. The van der Waals surface area contributed by atoms with Crippen LogP contribution in [0.4, 0.5) is 11.4 Å². The van der Waals surface area contributed by atoms with Gasteiger partial charge in [0.1, 0.15) is 12.6 Å². The number of nitro groups is 1.